The summed E-state index contributed by atoms with van der Waals surface area (Å²) in [7, 11) is 0. The number of hydrogen-bond donors (Lipinski definition) is 0. The van der Waals surface area contributed by atoms with Crippen molar-refractivity contribution in [1.82, 2.24) is 28.3 Å². The molecule has 6 nitrogen and oxygen atoms in total. The van der Waals surface area contributed by atoms with Crippen molar-refractivity contribution in [2.75, 3.05) is 0 Å². The fraction of sp³-hybridized carbons (Fsp3) is 0. The lowest BCUT2D eigenvalue weighted by Gasteiger charge is -2.13. The fourth-order valence-electron chi connectivity index (χ4n) is 8.69. The van der Waals surface area contributed by atoms with Gasteiger partial charge in [0, 0.05) is 61.0 Å². The van der Waals surface area contributed by atoms with E-state index >= 15 is 0 Å². The number of rotatable bonds is 2. The van der Waals surface area contributed by atoms with E-state index in [0.29, 0.717) is 5.82 Å². The van der Waals surface area contributed by atoms with Crippen molar-refractivity contribution in [3.8, 4) is 17.1 Å². The molecule has 6 aromatic carbocycles. The molecule has 6 aromatic heterocycles. The summed E-state index contributed by atoms with van der Waals surface area (Å²) >= 11 is 0. The van der Waals surface area contributed by atoms with E-state index in [-0.39, 0.29) is 0 Å². The summed E-state index contributed by atoms with van der Waals surface area (Å²) in [6.45, 7) is 0. The maximum Gasteiger partial charge on any atom is 0.159 e. The maximum absolute atomic E-state index is 4.84. The van der Waals surface area contributed by atoms with Crippen LogP contribution in [0.5, 0.6) is 0 Å². The summed E-state index contributed by atoms with van der Waals surface area (Å²) in [5.41, 5.74) is 11.1. The number of benzene rings is 6. The Balaban J connectivity index is 1.35. The third-order valence-electron chi connectivity index (χ3n) is 10.8. The van der Waals surface area contributed by atoms with Crippen LogP contribution in [-0.2, 0) is 0 Å². The summed E-state index contributed by atoms with van der Waals surface area (Å²) in [4.78, 5) is 13.8. The van der Waals surface area contributed by atoms with Gasteiger partial charge in [-0.15, -0.1) is 0 Å². The standard InChI is InChI=1S/C45H26N6/c1-5-17-38-29(9-1)32-12-7-14-34-35-15-8-13-33-30-10-2-6-18-39(30)51(44(33)35)42-24-40-36(23-41(42)50(38)43(32)34)31-11-3-4-16-37(31)49(40)28-25-47-45(48-26-28)27-19-21-46-22-20-27/h1-26H. The Hall–Kier alpha value is -7.05. The SMILES string of the molecule is c1ccc2c(c1)c1cc3c(cc1n2-c1cnc(-c2ccncc2)nc1)n1c2ccccc2c2cccc(c4cccc5c6ccccc6n3c54)c21. The molecule has 12 rings (SSSR count). The second-order valence-electron chi connectivity index (χ2n) is 13.3. The molecule has 6 heterocycles. The van der Waals surface area contributed by atoms with Gasteiger partial charge in [-0.25, -0.2) is 9.97 Å². The highest BCUT2D eigenvalue weighted by Crippen LogP contribution is 2.42. The molecule has 0 unspecified atom stereocenters. The highest BCUT2D eigenvalue weighted by atomic mass is 15.0. The van der Waals surface area contributed by atoms with Gasteiger partial charge in [0.25, 0.3) is 0 Å². The Kier molecular flexibility index (Phi) is 5.14. The van der Waals surface area contributed by atoms with Crippen molar-refractivity contribution in [2.24, 2.45) is 0 Å². The van der Waals surface area contributed by atoms with Gasteiger partial charge in [-0.2, -0.15) is 0 Å². The van der Waals surface area contributed by atoms with E-state index in [1.807, 2.05) is 24.5 Å². The molecule has 12 aromatic rings. The number of aromatic nitrogens is 6. The van der Waals surface area contributed by atoms with E-state index in [4.69, 9.17) is 9.97 Å². The zero-order valence-corrected chi connectivity index (χ0v) is 27.2. The monoisotopic (exact) mass is 650 g/mol. The summed E-state index contributed by atoms with van der Waals surface area (Å²) in [5.74, 6) is 0.673. The Morgan fingerprint density at radius 1 is 0.373 bits per heavy atom. The van der Waals surface area contributed by atoms with E-state index in [2.05, 4.69) is 140 Å². The average molecular weight is 651 g/mol. The van der Waals surface area contributed by atoms with Crippen LogP contribution >= 0.6 is 0 Å². The minimum atomic E-state index is 0.673. The van der Waals surface area contributed by atoms with Crippen LogP contribution in [0.3, 0.4) is 0 Å². The van der Waals surface area contributed by atoms with E-state index < -0.39 is 0 Å². The van der Waals surface area contributed by atoms with Gasteiger partial charge in [-0.3, -0.25) is 4.98 Å². The van der Waals surface area contributed by atoms with Gasteiger partial charge in [0.15, 0.2) is 5.82 Å². The molecule has 0 spiro atoms. The van der Waals surface area contributed by atoms with Crippen molar-refractivity contribution in [3.63, 3.8) is 0 Å². The number of fused-ring (bicyclic) bond motifs is 13. The molecule has 0 saturated heterocycles. The quantitative estimate of drug-likeness (QED) is 0.187. The predicted octanol–water partition coefficient (Wildman–Crippen LogP) is 10.9. The summed E-state index contributed by atoms with van der Waals surface area (Å²) in [5, 5.41) is 9.80. The molecule has 0 aliphatic rings. The van der Waals surface area contributed by atoms with E-state index in [1.165, 1.54) is 65.2 Å². The second-order valence-corrected chi connectivity index (χ2v) is 13.3. The number of hydrogen-bond acceptors (Lipinski definition) is 3. The van der Waals surface area contributed by atoms with Crippen LogP contribution in [0.4, 0.5) is 0 Å². The maximum atomic E-state index is 4.84. The van der Waals surface area contributed by atoms with Crippen LogP contribution in [0.25, 0.3) is 104 Å². The molecule has 0 aliphatic carbocycles. The number of nitrogens with zero attached hydrogens (tertiary/aromatic N) is 6. The summed E-state index contributed by atoms with van der Waals surface area (Å²) in [6, 6.07) is 48.5. The van der Waals surface area contributed by atoms with Crippen molar-refractivity contribution in [3.05, 3.63) is 158 Å². The van der Waals surface area contributed by atoms with Crippen molar-refractivity contribution in [1.29, 1.82) is 0 Å². The fourth-order valence-corrected chi connectivity index (χ4v) is 8.69. The first-order valence-electron chi connectivity index (χ1n) is 17.2. The lowest BCUT2D eigenvalue weighted by molar-refractivity contribution is 1.08. The van der Waals surface area contributed by atoms with Gasteiger partial charge in [0.05, 0.1) is 62.2 Å². The van der Waals surface area contributed by atoms with Gasteiger partial charge in [-0.1, -0.05) is 91.0 Å². The van der Waals surface area contributed by atoms with Gasteiger partial charge in [0.1, 0.15) is 0 Å². The lowest BCUT2D eigenvalue weighted by Crippen LogP contribution is -1.99. The van der Waals surface area contributed by atoms with Gasteiger partial charge < -0.3 is 13.4 Å². The molecular formula is C45H26N6. The molecule has 0 amide bonds. The Bertz CT molecular complexity index is 3400. The normalized spacial score (nSPS) is 12.3. The van der Waals surface area contributed by atoms with E-state index in [1.54, 1.807) is 12.4 Å². The Morgan fingerprint density at radius 2 is 0.843 bits per heavy atom. The van der Waals surface area contributed by atoms with Crippen LogP contribution in [0, 0.1) is 0 Å². The highest BCUT2D eigenvalue weighted by Gasteiger charge is 2.21. The Morgan fingerprint density at radius 3 is 1.43 bits per heavy atom. The van der Waals surface area contributed by atoms with Gasteiger partial charge in [-0.05, 0) is 42.5 Å². The molecule has 0 atom stereocenters. The molecule has 236 valence electrons. The molecule has 6 heteroatoms. The topological polar surface area (TPSA) is 52.4 Å². The molecule has 0 aliphatic heterocycles. The van der Waals surface area contributed by atoms with Crippen molar-refractivity contribution >= 4 is 87.2 Å². The largest absolute Gasteiger partial charge is 0.306 e. The molecule has 0 saturated carbocycles. The molecule has 0 N–H and O–H groups in total. The van der Waals surface area contributed by atoms with Gasteiger partial charge >= 0.3 is 0 Å². The predicted molar refractivity (Wildman–Crippen MR) is 209 cm³/mol. The van der Waals surface area contributed by atoms with Crippen LogP contribution in [0.15, 0.2) is 158 Å². The molecular weight excluding hydrogens is 625 g/mol. The van der Waals surface area contributed by atoms with Crippen LogP contribution < -0.4 is 0 Å². The smallest absolute Gasteiger partial charge is 0.159 e. The first kappa shape index (κ1) is 26.9. The van der Waals surface area contributed by atoms with Crippen LogP contribution in [0.2, 0.25) is 0 Å². The summed E-state index contributed by atoms with van der Waals surface area (Å²) < 4.78 is 7.31. The van der Waals surface area contributed by atoms with E-state index in [9.17, 15) is 0 Å². The zero-order chi connectivity index (χ0) is 33.2. The van der Waals surface area contributed by atoms with Crippen LogP contribution in [0.1, 0.15) is 0 Å². The third-order valence-corrected chi connectivity index (χ3v) is 10.8. The highest BCUT2D eigenvalue weighted by molar-refractivity contribution is 6.26. The average Bonchev–Trinajstić information content (AvgIpc) is 3.83. The zero-order valence-electron chi connectivity index (χ0n) is 27.2. The first-order valence-corrected chi connectivity index (χ1v) is 17.2. The number of pyridine rings is 1. The number of para-hydroxylation sites is 5. The second kappa shape index (κ2) is 9.77. The molecule has 0 bridgehead atoms. The van der Waals surface area contributed by atoms with Gasteiger partial charge in [0.2, 0.25) is 0 Å². The summed E-state index contributed by atoms with van der Waals surface area (Å²) in [6.07, 6.45) is 7.41. The van der Waals surface area contributed by atoms with E-state index in [0.717, 1.165) is 33.3 Å². The third kappa shape index (κ3) is 3.48. The molecule has 51 heavy (non-hydrogen) atoms. The minimum Gasteiger partial charge on any atom is -0.306 e. The first-order chi connectivity index (χ1) is 25.3. The van der Waals surface area contributed by atoms with Crippen molar-refractivity contribution in [2.45, 2.75) is 0 Å². The lowest BCUT2D eigenvalue weighted by atomic mass is 10.0. The van der Waals surface area contributed by atoms with Crippen LogP contribution in [-0.4, -0.2) is 28.3 Å². The molecule has 0 fully saturated rings. The van der Waals surface area contributed by atoms with Crippen molar-refractivity contribution < 1.29 is 0 Å². The Labute approximate surface area is 290 Å². The minimum absolute atomic E-state index is 0.673. The molecule has 0 radical (unpaired) electrons.